The van der Waals surface area contributed by atoms with Crippen molar-refractivity contribution in [3.8, 4) is 0 Å². The molecule has 0 saturated carbocycles. The predicted octanol–water partition coefficient (Wildman–Crippen LogP) is 1.70. The second-order valence-corrected chi connectivity index (χ2v) is 2.71. The van der Waals surface area contributed by atoms with Gasteiger partial charge in [-0.3, -0.25) is 4.98 Å². The summed E-state index contributed by atoms with van der Waals surface area (Å²) in [6.07, 6.45) is 3.58. The number of hydrogen-bond donors (Lipinski definition) is 1. The molecule has 0 radical (unpaired) electrons. The van der Waals surface area contributed by atoms with Crippen molar-refractivity contribution in [2.45, 2.75) is 13.8 Å². The van der Waals surface area contributed by atoms with E-state index >= 15 is 0 Å². The molecule has 0 unspecified atom stereocenters. The molecule has 0 aliphatic heterocycles. The first-order chi connectivity index (χ1) is 5.74. The standard InChI is InChI=1S/C10H13NO/c1-8-5-6-10(4-3-7-12)9(2)11-8/h3-6,12H,7H2,1-2H3. The quantitative estimate of drug-likeness (QED) is 0.720. The summed E-state index contributed by atoms with van der Waals surface area (Å²) in [5.41, 5.74) is 3.09. The van der Waals surface area contributed by atoms with E-state index in [2.05, 4.69) is 4.98 Å². The molecule has 0 atom stereocenters. The van der Waals surface area contributed by atoms with E-state index in [0.717, 1.165) is 17.0 Å². The van der Waals surface area contributed by atoms with Crippen LogP contribution in [0.2, 0.25) is 0 Å². The average molecular weight is 163 g/mol. The molecular formula is C10H13NO. The molecule has 64 valence electrons. The summed E-state index contributed by atoms with van der Waals surface area (Å²) in [6, 6.07) is 3.97. The van der Waals surface area contributed by atoms with E-state index in [1.807, 2.05) is 32.1 Å². The SMILES string of the molecule is Cc1ccc(C=CCO)c(C)n1. The third-order valence-electron chi connectivity index (χ3n) is 1.67. The molecule has 0 saturated heterocycles. The summed E-state index contributed by atoms with van der Waals surface area (Å²) in [4.78, 5) is 4.29. The summed E-state index contributed by atoms with van der Waals surface area (Å²) in [7, 11) is 0. The maximum absolute atomic E-state index is 8.57. The van der Waals surface area contributed by atoms with Gasteiger partial charge in [-0.25, -0.2) is 0 Å². The van der Waals surface area contributed by atoms with Gasteiger partial charge in [0.15, 0.2) is 0 Å². The second kappa shape index (κ2) is 4.02. The molecule has 2 heteroatoms. The number of nitrogens with zero attached hydrogens (tertiary/aromatic N) is 1. The van der Waals surface area contributed by atoms with Crippen LogP contribution in [0.5, 0.6) is 0 Å². The molecule has 0 aliphatic carbocycles. The number of aliphatic hydroxyl groups excluding tert-OH is 1. The fraction of sp³-hybridized carbons (Fsp3) is 0.300. The molecule has 0 fully saturated rings. The lowest BCUT2D eigenvalue weighted by atomic mass is 10.2. The van der Waals surface area contributed by atoms with Crippen LogP contribution in [0.25, 0.3) is 6.08 Å². The van der Waals surface area contributed by atoms with Crippen LogP contribution in [0, 0.1) is 13.8 Å². The van der Waals surface area contributed by atoms with Crippen LogP contribution in [0.3, 0.4) is 0 Å². The minimum Gasteiger partial charge on any atom is -0.392 e. The topological polar surface area (TPSA) is 33.1 Å². The Balaban J connectivity index is 2.94. The zero-order valence-electron chi connectivity index (χ0n) is 7.41. The van der Waals surface area contributed by atoms with Crippen molar-refractivity contribution < 1.29 is 5.11 Å². The van der Waals surface area contributed by atoms with Crippen LogP contribution in [0.4, 0.5) is 0 Å². The number of aryl methyl sites for hydroxylation is 2. The largest absolute Gasteiger partial charge is 0.392 e. The summed E-state index contributed by atoms with van der Waals surface area (Å²) in [5.74, 6) is 0. The Morgan fingerprint density at radius 3 is 2.75 bits per heavy atom. The Labute approximate surface area is 72.6 Å². The normalized spacial score (nSPS) is 10.9. The van der Waals surface area contributed by atoms with Crippen LogP contribution >= 0.6 is 0 Å². The lowest BCUT2D eigenvalue weighted by molar-refractivity contribution is 0.343. The highest BCUT2D eigenvalue weighted by atomic mass is 16.2. The van der Waals surface area contributed by atoms with Gasteiger partial charge >= 0.3 is 0 Å². The van der Waals surface area contributed by atoms with E-state index in [1.54, 1.807) is 6.08 Å². The molecule has 0 aromatic carbocycles. The summed E-state index contributed by atoms with van der Waals surface area (Å²) < 4.78 is 0. The van der Waals surface area contributed by atoms with E-state index in [4.69, 9.17) is 5.11 Å². The highest BCUT2D eigenvalue weighted by Gasteiger charge is 1.94. The van der Waals surface area contributed by atoms with Gasteiger partial charge in [0.05, 0.1) is 6.61 Å². The monoisotopic (exact) mass is 163 g/mol. The van der Waals surface area contributed by atoms with Gasteiger partial charge in [0.2, 0.25) is 0 Å². The third kappa shape index (κ3) is 2.17. The first-order valence-corrected chi connectivity index (χ1v) is 3.95. The molecule has 1 aromatic heterocycles. The Morgan fingerprint density at radius 1 is 1.42 bits per heavy atom. The van der Waals surface area contributed by atoms with Crippen LogP contribution in [-0.4, -0.2) is 16.7 Å². The summed E-state index contributed by atoms with van der Waals surface area (Å²) >= 11 is 0. The van der Waals surface area contributed by atoms with E-state index in [-0.39, 0.29) is 6.61 Å². The van der Waals surface area contributed by atoms with Gasteiger partial charge in [0.25, 0.3) is 0 Å². The number of hydrogen-bond acceptors (Lipinski definition) is 2. The van der Waals surface area contributed by atoms with Gasteiger partial charge in [-0.15, -0.1) is 0 Å². The first-order valence-electron chi connectivity index (χ1n) is 3.95. The summed E-state index contributed by atoms with van der Waals surface area (Å²) in [6.45, 7) is 4.00. The molecule has 0 spiro atoms. The van der Waals surface area contributed by atoms with Gasteiger partial charge in [-0.05, 0) is 25.5 Å². The molecule has 1 N–H and O–H groups in total. The van der Waals surface area contributed by atoms with E-state index in [1.165, 1.54) is 0 Å². The fourth-order valence-corrected chi connectivity index (χ4v) is 1.05. The highest BCUT2D eigenvalue weighted by Crippen LogP contribution is 2.07. The zero-order valence-corrected chi connectivity index (χ0v) is 7.41. The average Bonchev–Trinajstić information content (AvgIpc) is 2.03. The molecular weight excluding hydrogens is 150 g/mol. The van der Waals surface area contributed by atoms with E-state index in [0.29, 0.717) is 0 Å². The van der Waals surface area contributed by atoms with Crippen molar-refractivity contribution in [2.24, 2.45) is 0 Å². The smallest absolute Gasteiger partial charge is 0.0615 e. The van der Waals surface area contributed by atoms with E-state index < -0.39 is 0 Å². The van der Waals surface area contributed by atoms with Crippen molar-refractivity contribution in [1.82, 2.24) is 4.98 Å². The number of aliphatic hydroxyl groups is 1. The second-order valence-electron chi connectivity index (χ2n) is 2.71. The highest BCUT2D eigenvalue weighted by molar-refractivity contribution is 5.51. The minimum absolute atomic E-state index is 0.0767. The van der Waals surface area contributed by atoms with Gasteiger partial charge in [-0.2, -0.15) is 0 Å². The lowest BCUT2D eigenvalue weighted by Crippen LogP contribution is -1.88. The van der Waals surface area contributed by atoms with Gasteiger partial charge in [0, 0.05) is 11.4 Å². The predicted molar refractivity (Wildman–Crippen MR) is 49.8 cm³/mol. The van der Waals surface area contributed by atoms with Crippen LogP contribution in [-0.2, 0) is 0 Å². The maximum Gasteiger partial charge on any atom is 0.0615 e. The zero-order chi connectivity index (χ0) is 8.97. The molecule has 0 amide bonds. The fourth-order valence-electron chi connectivity index (χ4n) is 1.05. The molecule has 0 bridgehead atoms. The first kappa shape index (κ1) is 8.94. The minimum atomic E-state index is 0.0767. The Kier molecular flexibility index (Phi) is 3.00. The van der Waals surface area contributed by atoms with Crippen molar-refractivity contribution in [2.75, 3.05) is 6.61 Å². The van der Waals surface area contributed by atoms with Crippen molar-refractivity contribution in [3.05, 3.63) is 35.2 Å². The molecule has 12 heavy (non-hydrogen) atoms. The Hall–Kier alpha value is -1.15. The van der Waals surface area contributed by atoms with Gasteiger partial charge in [0.1, 0.15) is 0 Å². The summed E-state index contributed by atoms with van der Waals surface area (Å²) in [5, 5.41) is 8.57. The Bertz CT molecular complexity index is 292. The molecule has 1 heterocycles. The number of aromatic nitrogens is 1. The number of pyridine rings is 1. The van der Waals surface area contributed by atoms with Gasteiger partial charge in [-0.1, -0.05) is 18.2 Å². The van der Waals surface area contributed by atoms with Crippen molar-refractivity contribution in [3.63, 3.8) is 0 Å². The van der Waals surface area contributed by atoms with E-state index in [9.17, 15) is 0 Å². The van der Waals surface area contributed by atoms with Crippen molar-refractivity contribution >= 4 is 6.08 Å². The molecule has 1 aromatic rings. The molecule has 0 aliphatic rings. The molecule has 2 nitrogen and oxygen atoms in total. The number of rotatable bonds is 2. The van der Waals surface area contributed by atoms with Crippen LogP contribution in [0.15, 0.2) is 18.2 Å². The maximum atomic E-state index is 8.57. The lowest BCUT2D eigenvalue weighted by Gasteiger charge is -1.99. The van der Waals surface area contributed by atoms with Crippen LogP contribution < -0.4 is 0 Å². The third-order valence-corrected chi connectivity index (χ3v) is 1.67. The van der Waals surface area contributed by atoms with Crippen molar-refractivity contribution in [1.29, 1.82) is 0 Å². The molecule has 1 rings (SSSR count). The van der Waals surface area contributed by atoms with Crippen LogP contribution in [0.1, 0.15) is 17.0 Å². The Morgan fingerprint density at radius 2 is 2.17 bits per heavy atom. The van der Waals surface area contributed by atoms with Gasteiger partial charge < -0.3 is 5.11 Å².